The Morgan fingerprint density at radius 1 is 1.20 bits per heavy atom. The molecule has 3 rings (SSSR count). The van der Waals surface area contributed by atoms with E-state index in [9.17, 15) is 0 Å². The zero-order valence-corrected chi connectivity index (χ0v) is 14.1. The smallest absolute Gasteiger partial charge is 0.119 e. The lowest BCUT2D eigenvalue weighted by Crippen LogP contribution is -2.13. The van der Waals surface area contributed by atoms with Crippen LogP contribution < -0.4 is 4.74 Å². The molecule has 0 radical (unpaired) electrons. The highest BCUT2D eigenvalue weighted by molar-refractivity contribution is 9.10. The molecule has 0 fully saturated rings. The molecule has 2 aromatic rings. The average molecular weight is 349 g/mol. The van der Waals surface area contributed by atoms with Crippen molar-refractivity contribution in [2.24, 2.45) is 0 Å². The molecule has 3 heteroatoms. The number of halogens is 1. The average Bonchev–Trinajstić information content (AvgIpc) is 2.85. The van der Waals surface area contributed by atoms with Crippen LogP contribution in [-0.2, 0) is 6.42 Å². The number of aryl methyl sites for hydroxylation is 2. The summed E-state index contributed by atoms with van der Waals surface area (Å²) in [6.07, 6.45) is 1.11. The summed E-state index contributed by atoms with van der Waals surface area (Å²) in [5.74, 6) is 0.972. The second-order valence-electron chi connectivity index (χ2n) is 5.23. The lowest BCUT2D eigenvalue weighted by molar-refractivity contribution is 0.317. The lowest BCUT2D eigenvalue weighted by Gasteiger charge is -2.13. The van der Waals surface area contributed by atoms with Gasteiger partial charge in [-0.1, -0.05) is 34.1 Å². The Morgan fingerprint density at radius 3 is 2.60 bits per heavy atom. The van der Waals surface area contributed by atoms with Crippen molar-refractivity contribution in [3.8, 4) is 5.75 Å². The number of ether oxygens (including phenoxy) is 1. The van der Waals surface area contributed by atoms with E-state index in [0.29, 0.717) is 5.25 Å². The number of fused-ring (bicyclic) bond motifs is 1. The van der Waals surface area contributed by atoms with Crippen molar-refractivity contribution >= 4 is 27.7 Å². The van der Waals surface area contributed by atoms with Crippen LogP contribution in [0.2, 0.25) is 0 Å². The minimum absolute atomic E-state index is 0.525. The molecular formula is C17H17BrOS. The normalized spacial score (nSPS) is 17.1. The second-order valence-corrected chi connectivity index (χ2v) is 7.37. The Balaban J connectivity index is 1.64. The van der Waals surface area contributed by atoms with Gasteiger partial charge in [-0.2, -0.15) is 0 Å². The fourth-order valence-electron chi connectivity index (χ4n) is 2.53. The van der Waals surface area contributed by atoms with E-state index < -0.39 is 0 Å². The molecule has 20 heavy (non-hydrogen) atoms. The van der Waals surface area contributed by atoms with E-state index in [4.69, 9.17) is 4.74 Å². The van der Waals surface area contributed by atoms with Gasteiger partial charge >= 0.3 is 0 Å². The Morgan fingerprint density at radius 2 is 1.90 bits per heavy atom. The molecule has 1 heterocycles. The van der Waals surface area contributed by atoms with E-state index in [0.717, 1.165) is 18.8 Å². The summed E-state index contributed by atoms with van der Waals surface area (Å²) in [6.45, 7) is 4.97. The Labute approximate surface area is 132 Å². The second kappa shape index (κ2) is 5.82. The predicted octanol–water partition coefficient (Wildman–Crippen LogP) is 5.16. The third-order valence-electron chi connectivity index (χ3n) is 3.56. The van der Waals surface area contributed by atoms with Crippen molar-refractivity contribution in [2.45, 2.75) is 30.4 Å². The molecular weight excluding hydrogens is 332 g/mol. The van der Waals surface area contributed by atoms with Gasteiger partial charge in [0.1, 0.15) is 12.4 Å². The SMILES string of the molecule is Cc1cc(OCC2Cc3ccccc3S2)cc(C)c1Br. The number of hydrogen-bond donors (Lipinski definition) is 0. The van der Waals surface area contributed by atoms with Gasteiger partial charge in [-0.05, 0) is 55.2 Å². The lowest BCUT2D eigenvalue weighted by atomic mass is 10.1. The Hall–Kier alpha value is -0.930. The fourth-order valence-corrected chi connectivity index (χ4v) is 3.97. The molecule has 2 aromatic carbocycles. The maximum atomic E-state index is 6.00. The summed E-state index contributed by atoms with van der Waals surface area (Å²) in [4.78, 5) is 1.41. The minimum Gasteiger partial charge on any atom is -0.492 e. The third kappa shape index (κ3) is 2.89. The van der Waals surface area contributed by atoms with E-state index in [-0.39, 0.29) is 0 Å². The van der Waals surface area contributed by atoms with Gasteiger partial charge in [-0.3, -0.25) is 0 Å². The molecule has 1 unspecified atom stereocenters. The van der Waals surface area contributed by atoms with Crippen LogP contribution in [-0.4, -0.2) is 11.9 Å². The van der Waals surface area contributed by atoms with E-state index in [1.54, 1.807) is 0 Å². The molecule has 0 aliphatic carbocycles. The molecule has 0 saturated heterocycles. The largest absolute Gasteiger partial charge is 0.492 e. The van der Waals surface area contributed by atoms with Crippen molar-refractivity contribution in [1.29, 1.82) is 0 Å². The maximum absolute atomic E-state index is 6.00. The zero-order valence-electron chi connectivity index (χ0n) is 11.7. The van der Waals surface area contributed by atoms with E-state index in [2.05, 4.69) is 66.2 Å². The van der Waals surface area contributed by atoms with E-state index >= 15 is 0 Å². The van der Waals surface area contributed by atoms with Gasteiger partial charge in [0, 0.05) is 14.6 Å². The van der Waals surface area contributed by atoms with Crippen molar-refractivity contribution < 1.29 is 4.74 Å². The fraction of sp³-hybridized carbons (Fsp3) is 0.294. The molecule has 0 spiro atoms. The van der Waals surface area contributed by atoms with Crippen LogP contribution in [0, 0.1) is 13.8 Å². The van der Waals surface area contributed by atoms with Crippen LogP contribution in [0.15, 0.2) is 45.8 Å². The van der Waals surface area contributed by atoms with Crippen molar-refractivity contribution in [3.63, 3.8) is 0 Å². The summed E-state index contributed by atoms with van der Waals surface area (Å²) >= 11 is 5.52. The highest BCUT2D eigenvalue weighted by Crippen LogP contribution is 2.37. The van der Waals surface area contributed by atoms with Crippen LogP contribution in [0.1, 0.15) is 16.7 Å². The standard InChI is InChI=1S/C17H17BrOS/c1-11-7-14(8-12(2)17(11)18)19-10-15-9-13-5-3-4-6-16(13)20-15/h3-8,15H,9-10H2,1-2H3. The van der Waals surface area contributed by atoms with Gasteiger partial charge in [-0.15, -0.1) is 11.8 Å². The molecule has 104 valence electrons. The topological polar surface area (TPSA) is 9.23 Å². The van der Waals surface area contributed by atoms with Gasteiger partial charge in [0.2, 0.25) is 0 Å². The summed E-state index contributed by atoms with van der Waals surface area (Å²) < 4.78 is 7.17. The summed E-state index contributed by atoms with van der Waals surface area (Å²) in [7, 11) is 0. The van der Waals surface area contributed by atoms with Crippen molar-refractivity contribution in [3.05, 3.63) is 57.6 Å². The predicted molar refractivity (Wildman–Crippen MR) is 88.9 cm³/mol. The highest BCUT2D eigenvalue weighted by Gasteiger charge is 2.22. The molecule has 1 aliphatic heterocycles. The first-order valence-electron chi connectivity index (χ1n) is 6.77. The van der Waals surface area contributed by atoms with Gasteiger partial charge < -0.3 is 4.74 Å². The molecule has 0 aromatic heterocycles. The minimum atomic E-state index is 0.525. The maximum Gasteiger partial charge on any atom is 0.119 e. The van der Waals surface area contributed by atoms with Crippen LogP contribution >= 0.6 is 27.7 Å². The first-order chi connectivity index (χ1) is 9.63. The third-order valence-corrected chi connectivity index (χ3v) is 6.10. The van der Waals surface area contributed by atoms with Crippen LogP contribution in [0.4, 0.5) is 0 Å². The van der Waals surface area contributed by atoms with Crippen LogP contribution in [0.25, 0.3) is 0 Å². The quantitative estimate of drug-likeness (QED) is 0.757. The number of benzene rings is 2. The van der Waals surface area contributed by atoms with E-state index in [1.807, 2.05) is 11.8 Å². The van der Waals surface area contributed by atoms with Crippen LogP contribution in [0.5, 0.6) is 5.75 Å². The first-order valence-corrected chi connectivity index (χ1v) is 8.45. The Kier molecular flexibility index (Phi) is 4.08. The molecule has 1 aliphatic rings. The molecule has 0 N–H and O–H groups in total. The summed E-state index contributed by atoms with van der Waals surface area (Å²) in [5, 5.41) is 0.525. The molecule has 1 nitrogen and oxygen atoms in total. The Bertz CT molecular complexity index is 591. The summed E-state index contributed by atoms with van der Waals surface area (Å²) in [6, 6.07) is 12.8. The zero-order chi connectivity index (χ0) is 14.1. The van der Waals surface area contributed by atoms with Crippen molar-refractivity contribution in [2.75, 3.05) is 6.61 Å². The van der Waals surface area contributed by atoms with Crippen molar-refractivity contribution in [1.82, 2.24) is 0 Å². The van der Waals surface area contributed by atoms with Gasteiger partial charge in [0.05, 0.1) is 0 Å². The van der Waals surface area contributed by atoms with Gasteiger partial charge in [-0.25, -0.2) is 0 Å². The van der Waals surface area contributed by atoms with E-state index in [1.165, 1.54) is 26.1 Å². The van der Waals surface area contributed by atoms with Gasteiger partial charge in [0.25, 0.3) is 0 Å². The summed E-state index contributed by atoms with van der Waals surface area (Å²) in [5.41, 5.74) is 3.90. The molecule has 1 atom stereocenters. The first kappa shape index (κ1) is 14.0. The monoisotopic (exact) mass is 348 g/mol. The molecule has 0 bridgehead atoms. The number of rotatable bonds is 3. The number of thioether (sulfide) groups is 1. The van der Waals surface area contributed by atoms with Crippen LogP contribution in [0.3, 0.4) is 0 Å². The molecule has 0 saturated carbocycles. The van der Waals surface area contributed by atoms with Gasteiger partial charge in [0.15, 0.2) is 0 Å². The number of hydrogen-bond acceptors (Lipinski definition) is 2. The molecule has 0 amide bonds. The highest BCUT2D eigenvalue weighted by atomic mass is 79.9.